The van der Waals surface area contributed by atoms with Crippen molar-refractivity contribution in [2.75, 3.05) is 19.6 Å². The lowest BCUT2D eigenvalue weighted by atomic mass is 9.96. The van der Waals surface area contributed by atoms with Gasteiger partial charge < -0.3 is 5.32 Å². The van der Waals surface area contributed by atoms with Crippen LogP contribution in [0, 0.1) is 11.7 Å². The number of amides is 1. The van der Waals surface area contributed by atoms with Crippen LogP contribution in [0.1, 0.15) is 28.8 Å². The van der Waals surface area contributed by atoms with E-state index in [1.165, 1.54) is 6.07 Å². The predicted molar refractivity (Wildman–Crippen MR) is 132 cm³/mol. The van der Waals surface area contributed by atoms with Gasteiger partial charge in [0.25, 0.3) is 5.91 Å². The molecule has 34 heavy (non-hydrogen) atoms. The number of carbonyl (C=O) groups is 1. The first-order valence-corrected chi connectivity index (χ1v) is 11.7. The lowest BCUT2D eigenvalue weighted by Gasteiger charge is -2.32. The van der Waals surface area contributed by atoms with Gasteiger partial charge in [-0.25, -0.2) is 9.37 Å². The largest absolute Gasteiger partial charge is 0.352 e. The Balaban J connectivity index is 1.24. The molecule has 5 rings (SSSR count). The second kappa shape index (κ2) is 10.1. The molecule has 0 unspecified atom stereocenters. The number of hydrogen-bond donors (Lipinski definition) is 1. The van der Waals surface area contributed by atoms with Gasteiger partial charge in [0.15, 0.2) is 0 Å². The van der Waals surface area contributed by atoms with Crippen LogP contribution in [0.2, 0.25) is 0 Å². The molecule has 1 aliphatic rings. The molecule has 172 valence electrons. The van der Waals surface area contributed by atoms with Crippen molar-refractivity contribution < 1.29 is 9.18 Å². The van der Waals surface area contributed by atoms with Crippen LogP contribution in [-0.2, 0) is 6.54 Å². The van der Waals surface area contributed by atoms with E-state index in [4.69, 9.17) is 4.98 Å². The Bertz CT molecular complexity index is 1290. The molecule has 5 nitrogen and oxygen atoms in total. The Hall–Kier alpha value is -3.64. The molecule has 0 spiro atoms. The Morgan fingerprint density at radius 1 is 1.03 bits per heavy atom. The van der Waals surface area contributed by atoms with Crippen LogP contribution in [0.3, 0.4) is 0 Å². The molecule has 1 N–H and O–H groups in total. The summed E-state index contributed by atoms with van der Waals surface area (Å²) >= 11 is 0. The number of nitrogens with zero attached hydrogens (tertiary/aromatic N) is 3. The van der Waals surface area contributed by atoms with E-state index in [1.807, 2.05) is 54.6 Å². The van der Waals surface area contributed by atoms with E-state index < -0.39 is 0 Å². The van der Waals surface area contributed by atoms with Crippen molar-refractivity contribution in [3.63, 3.8) is 0 Å². The smallest absolute Gasteiger partial charge is 0.252 e. The molecule has 0 bridgehead atoms. The summed E-state index contributed by atoms with van der Waals surface area (Å²) in [6.45, 7) is 3.06. The minimum absolute atomic E-state index is 0.0856. The van der Waals surface area contributed by atoms with E-state index in [-0.39, 0.29) is 11.7 Å². The first-order chi connectivity index (χ1) is 16.7. The van der Waals surface area contributed by atoms with E-state index in [0.29, 0.717) is 24.6 Å². The fourth-order valence-corrected chi connectivity index (χ4v) is 4.57. The van der Waals surface area contributed by atoms with Gasteiger partial charge in [0.1, 0.15) is 5.82 Å². The first kappa shape index (κ1) is 22.2. The molecule has 6 heteroatoms. The van der Waals surface area contributed by atoms with Crippen molar-refractivity contribution in [2.24, 2.45) is 5.92 Å². The van der Waals surface area contributed by atoms with Crippen LogP contribution in [0.5, 0.6) is 0 Å². The standard InChI is InChI=1S/C28H27FN4O/c29-25-9-3-1-6-22(25)19-33-14-11-20(12-15-33)17-31-28(34)24-16-27(21-7-5-13-30-18-21)32-26-10-4-2-8-23(24)26/h1-10,13,16,18,20H,11-12,14-15,17,19H2,(H,31,34). The number of benzene rings is 2. The Labute approximate surface area is 198 Å². The first-order valence-electron chi connectivity index (χ1n) is 11.7. The number of piperidine rings is 1. The van der Waals surface area contributed by atoms with Crippen LogP contribution in [0.15, 0.2) is 79.1 Å². The zero-order valence-corrected chi connectivity index (χ0v) is 19.0. The highest BCUT2D eigenvalue weighted by Gasteiger charge is 2.21. The number of fused-ring (bicyclic) bond motifs is 1. The average molecular weight is 455 g/mol. The lowest BCUT2D eigenvalue weighted by Crippen LogP contribution is -2.38. The summed E-state index contributed by atoms with van der Waals surface area (Å²) in [7, 11) is 0. The average Bonchev–Trinajstić information content (AvgIpc) is 2.89. The second-order valence-electron chi connectivity index (χ2n) is 8.83. The van der Waals surface area contributed by atoms with E-state index in [0.717, 1.165) is 53.7 Å². The molecular weight excluding hydrogens is 427 g/mol. The number of likely N-dealkylation sites (tertiary alicyclic amines) is 1. The molecule has 0 aliphatic carbocycles. The van der Waals surface area contributed by atoms with Crippen LogP contribution in [-0.4, -0.2) is 40.4 Å². The van der Waals surface area contributed by atoms with E-state index in [9.17, 15) is 9.18 Å². The highest BCUT2D eigenvalue weighted by Crippen LogP contribution is 2.25. The van der Waals surface area contributed by atoms with Crippen LogP contribution >= 0.6 is 0 Å². The van der Waals surface area contributed by atoms with Gasteiger partial charge in [-0.15, -0.1) is 0 Å². The Morgan fingerprint density at radius 2 is 1.82 bits per heavy atom. The van der Waals surface area contributed by atoms with Gasteiger partial charge in [-0.3, -0.25) is 14.7 Å². The molecule has 1 aliphatic heterocycles. The predicted octanol–water partition coefficient (Wildman–Crippen LogP) is 5.08. The number of pyridine rings is 2. The van der Waals surface area contributed by atoms with Crippen molar-refractivity contribution in [2.45, 2.75) is 19.4 Å². The number of carbonyl (C=O) groups excluding carboxylic acids is 1. The third kappa shape index (κ3) is 4.97. The third-order valence-electron chi connectivity index (χ3n) is 6.53. The number of halogens is 1. The number of nitrogens with one attached hydrogen (secondary N) is 1. The maximum absolute atomic E-state index is 14.0. The summed E-state index contributed by atoms with van der Waals surface area (Å²) in [5, 5.41) is 3.99. The van der Waals surface area contributed by atoms with E-state index >= 15 is 0 Å². The van der Waals surface area contributed by atoms with Crippen molar-refractivity contribution in [3.8, 4) is 11.3 Å². The maximum Gasteiger partial charge on any atom is 0.252 e. The number of rotatable bonds is 6. The molecule has 1 amide bonds. The lowest BCUT2D eigenvalue weighted by molar-refractivity contribution is 0.0936. The normalized spacial score (nSPS) is 14.9. The summed E-state index contributed by atoms with van der Waals surface area (Å²) in [5.74, 6) is 0.177. The molecule has 0 radical (unpaired) electrons. The van der Waals surface area contributed by atoms with Gasteiger partial charge in [-0.05, 0) is 62.2 Å². The van der Waals surface area contributed by atoms with Gasteiger partial charge in [0.05, 0.1) is 16.8 Å². The van der Waals surface area contributed by atoms with Crippen LogP contribution in [0.4, 0.5) is 4.39 Å². The highest BCUT2D eigenvalue weighted by molar-refractivity contribution is 6.07. The van der Waals surface area contributed by atoms with E-state index in [1.54, 1.807) is 18.5 Å². The molecule has 3 heterocycles. The zero-order valence-electron chi connectivity index (χ0n) is 19.0. The molecule has 2 aromatic carbocycles. The maximum atomic E-state index is 14.0. The fraction of sp³-hybridized carbons (Fsp3) is 0.250. The molecule has 0 atom stereocenters. The quantitative estimate of drug-likeness (QED) is 0.442. The van der Waals surface area contributed by atoms with Crippen molar-refractivity contribution in [1.29, 1.82) is 0 Å². The summed E-state index contributed by atoms with van der Waals surface area (Å²) in [6.07, 6.45) is 5.44. The summed E-state index contributed by atoms with van der Waals surface area (Å²) in [5.41, 5.74) is 3.77. The van der Waals surface area contributed by atoms with Crippen LogP contribution < -0.4 is 5.32 Å². The fourth-order valence-electron chi connectivity index (χ4n) is 4.57. The van der Waals surface area contributed by atoms with Gasteiger partial charge in [0, 0.05) is 42.0 Å². The summed E-state index contributed by atoms with van der Waals surface area (Å²) in [6, 6.07) is 20.3. The molecule has 1 saturated heterocycles. The van der Waals surface area contributed by atoms with E-state index in [2.05, 4.69) is 15.2 Å². The van der Waals surface area contributed by atoms with Crippen molar-refractivity contribution in [1.82, 2.24) is 20.2 Å². The summed E-state index contributed by atoms with van der Waals surface area (Å²) in [4.78, 5) is 24.4. The van der Waals surface area contributed by atoms with Gasteiger partial charge in [-0.1, -0.05) is 36.4 Å². The van der Waals surface area contributed by atoms with Gasteiger partial charge in [-0.2, -0.15) is 0 Å². The number of aromatic nitrogens is 2. The van der Waals surface area contributed by atoms with Crippen molar-refractivity contribution >= 4 is 16.8 Å². The molecule has 0 saturated carbocycles. The molecular formula is C28H27FN4O. The molecule has 2 aromatic heterocycles. The van der Waals surface area contributed by atoms with Crippen LogP contribution in [0.25, 0.3) is 22.2 Å². The SMILES string of the molecule is O=C(NCC1CCN(Cc2ccccc2F)CC1)c1cc(-c2cccnc2)nc2ccccc12. The highest BCUT2D eigenvalue weighted by atomic mass is 19.1. The minimum Gasteiger partial charge on any atom is -0.352 e. The van der Waals surface area contributed by atoms with Gasteiger partial charge >= 0.3 is 0 Å². The third-order valence-corrected chi connectivity index (χ3v) is 6.53. The number of para-hydroxylation sites is 1. The molecule has 4 aromatic rings. The molecule has 1 fully saturated rings. The Morgan fingerprint density at radius 3 is 2.62 bits per heavy atom. The monoisotopic (exact) mass is 454 g/mol. The summed E-state index contributed by atoms with van der Waals surface area (Å²) < 4.78 is 14.0. The van der Waals surface area contributed by atoms with Crippen molar-refractivity contribution in [3.05, 3.63) is 96.1 Å². The topological polar surface area (TPSA) is 58.1 Å². The second-order valence-corrected chi connectivity index (χ2v) is 8.83. The number of hydrogen-bond acceptors (Lipinski definition) is 4. The van der Waals surface area contributed by atoms with Gasteiger partial charge in [0.2, 0.25) is 0 Å². The Kier molecular flexibility index (Phi) is 6.58. The minimum atomic E-state index is -0.146. The zero-order chi connectivity index (χ0) is 23.3.